The molecule has 0 bridgehead atoms. The molecule has 126 valence electrons. The van der Waals surface area contributed by atoms with E-state index in [1.54, 1.807) is 0 Å². The fourth-order valence-electron chi connectivity index (χ4n) is 1.82. The SMILES string of the molecule is CCN(C)CCNC(=O)CC(O)(c1ccc(C)o1)C(F)(F)F. The van der Waals surface area contributed by atoms with Crippen molar-refractivity contribution in [1.82, 2.24) is 10.2 Å². The number of nitrogens with zero attached hydrogens (tertiary/aromatic N) is 1. The van der Waals surface area contributed by atoms with Gasteiger partial charge in [-0.3, -0.25) is 4.79 Å². The molecule has 1 amide bonds. The van der Waals surface area contributed by atoms with Crippen molar-refractivity contribution in [3.05, 3.63) is 23.7 Å². The fraction of sp³-hybridized carbons (Fsp3) is 0.643. The highest BCUT2D eigenvalue weighted by Crippen LogP contribution is 2.42. The Morgan fingerprint density at radius 2 is 2.05 bits per heavy atom. The van der Waals surface area contributed by atoms with Crippen molar-refractivity contribution in [1.29, 1.82) is 0 Å². The molecule has 5 nitrogen and oxygen atoms in total. The molecule has 1 atom stereocenters. The van der Waals surface area contributed by atoms with Gasteiger partial charge in [0.2, 0.25) is 11.5 Å². The van der Waals surface area contributed by atoms with Gasteiger partial charge in [0, 0.05) is 13.1 Å². The van der Waals surface area contributed by atoms with E-state index in [2.05, 4.69) is 5.32 Å². The van der Waals surface area contributed by atoms with E-state index in [0.717, 1.165) is 12.6 Å². The number of halogens is 3. The summed E-state index contributed by atoms with van der Waals surface area (Å²) in [5.41, 5.74) is -3.33. The lowest BCUT2D eigenvalue weighted by atomic mass is 9.95. The highest BCUT2D eigenvalue weighted by Gasteiger charge is 2.58. The van der Waals surface area contributed by atoms with Crippen LogP contribution in [-0.2, 0) is 10.4 Å². The van der Waals surface area contributed by atoms with Crippen LogP contribution in [0.4, 0.5) is 13.2 Å². The van der Waals surface area contributed by atoms with Crippen LogP contribution in [0.15, 0.2) is 16.5 Å². The Balaban J connectivity index is 2.77. The molecule has 0 saturated carbocycles. The summed E-state index contributed by atoms with van der Waals surface area (Å²) in [6.07, 6.45) is -6.16. The molecule has 0 fully saturated rings. The number of likely N-dealkylation sites (N-methyl/N-ethyl adjacent to an activating group) is 1. The number of carbonyl (C=O) groups is 1. The van der Waals surface area contributed by atoms with Crippen molar-refractivity contribution in [2.75, 3.05) is 26.7 Å². The number of hydrogen-bond donors (Lipinski definition) is 2. The van der Waals surface area contributed by atoms with Gasteiger partial charge in [0.15, 0.2) is 0 Å². The standard InChI is InChI=1S/C14H21F3N2O3/c1-4-19(3)8-7-18-12(20)9-13(21,14(15,16)17)11-6-5-10(2)22-11/h5-6,21H,4,7-9H2,1-3H3,(H,18,20). The molecule has 0 aromatic carbocycles. The number of aliphatic hydroxyl groups is 1. The van der Waals surface area contributed by atoms with Crippen LogP contribution in [0.2, 0.25) is 0 Å². The van der Waals surface area contributed by atoms with E-state index in [0.29, 0.717) is 6.54 Å². The monoisotopic (exact) mass is 322 g/mol. The molecule has 22 heavy (non-hydrogen) atoms. The molecule has 0 aliphatic carbocycles. The molecule has 1 heterocycles. The predicted molar refractivity (Wildman–Crippen MR) is 74.2 cm³/mol. The van der Waals surface area contributed by atoms with E-state index in [1.807, 2.05) is 18.9 Å². The van der Waals surface area contributed by atoms with Gasteiger partial charge in [-0.05, 0) is 32.6 Å². The van der Waals surface area contributed by atoms with Crippen LogP contribution < -0.4 is 5.32 Å². The molecule has 0 saturated heterocycles. The minimum absolute atomic E-state index is 0.203. The highest BCUT2D eigenvalue weighted by molar-refractivity contribution is 5.77. The third kappa shape index (κ3) is 4.48. The number of furan rings is 1. The average molecular weight is 322 g/mol. The van der Waals surface area contributed by atoms with Gasteiger partial charge < -0.3 is 19.7 Å². The van der Waals surface area contributed by atoms with Gasteiger partial charge in [0.25, 0.3) is 0 Å². The van der Waals surface area contributed by atoms with Crippen molar-refractivity contribution in [2.24, 2.45) is 0 Å². The summed E-state index contributed by atoms with van der Waals surface area (Å²) >= 11 is 0. The van der Waals surface area contributed by atoms with Crippen LogP contribution in [0, 0.1) is 6.92 Å². The second-order valence-corrected chi connectivity index (χ2v) is 5.19. The van der Waals surface area contributed by atoms with Gasteiger partial charge in [-0.2, -0.15) is 13.2 Å². The van der Waals surface area contributed by atoms with Gasteiger partial charge >= 0.3 is 6.18 Å². The molecule has 8 heteroatoms. The zero-order chi connectivity index (χ0) is 17.0. The van der Waals surface area contributed by atoms with Crippen molar-refractivity contribution >= 4 is 5.91 Å². The summed E-state index contributed by atoms with van der Waals surface area (Å²) < 4.78 is 44.4. The van der Waals surface area contributed by atoms with E-state index in [4.69, 9.17) is 4.42 Å². The summed E-state index contributed by atoms with van der Waals surface area (Å²) in [5.74, 6) is -1.35. The Hall–Kier alpha value is -1.54. The van der Waals surface area contributed by atoms with E-state index in [9.17, 15) is 23.1 Å². The van der Waals surface area contributed by atoms with Gasteiger partial charge in [0.05, 0.1) is 6.42 Å². The van der Waals surface area contributed by atoms with Crippen LogP contribution in [0.3, 0.4) is 0 Å². The smallest absolute Gasteiger partial charge is 0.425 e. The maximum Gasteiger partial charge on any atom is 0.425 e. The summed E-state index contributed by atoms with van der Waals surface area (Å²) in [6, 6.07) is 2.33. The molecule has 1 unspecified atom stereocenters. The fourth-order valence-corrected chi connectivity index (χ4v) is 1.82. The first-order chi connectivity index (χ1) is 10.1. The summed E-state index contributed by atoms with van der Waals surface area (Å²) in [5, 5.41) is 12.3. The van der Waals surface area contributed by atoms with Gasteiger partial charge in [-0.25, -0.2) is 0 Å². The van der Waals surface area contributed by atoms with E-state index in [-0.39, 0.29) is 12.3 Å². The molecule has 0 aliphatic rings. The largest absolute Gasteiger partial charge is 0.463 e. The Morgan fingerprint density at radius 3 is 2.50 bits per heavy atom. The van der Waals surface area contributed by atoms with Gasteiger partial charge in [-0.15, -0.1) is 0 Å². The maximum absolute atomic E-state index is 13.2. The Bertz CT molecular complexity index is 502. The molecule has 1 aromatic heterocycles. The normalized spacial score (nSPS) is 14.9. The topological polar surface area (TPSA) is 65.7 Å². The molecule has 0 aliphatic heterocycles. The lowest BCUT2D eigenvalue weighted by Gasteiger charge is -2.28. The summed E-state index contributed by atoms with van der Waals surface area (Å²) in [4.78, 5) is 13.6. The number of amides is 1. The van der Waals surface area contributed by atoms with Crippen LogP contribution >= 0.6 is 0 Å². The maximum atomic E-state index is 13.2. The van der Waals surface area contributed by atoms with Crippen LogP contribution in [0.1, 0.15) is 24.9 Å². The first-order valence-electron chi connectivity index (χ1n) is 6.91. The van der Waals surface area contributed by atoms with Crippen molar-refractivity contribution in [3.63, 3.8) is 0 Å². The zero-order valence-corrected chi connectivity index (χ0v) is 12.8. The van der Waals surface area contributed by atoms with Gasteiger partial charge in [-0.1, -0.05) is 6.92 Å². The third-order valence-electron chi connectivity index (χ3n) is 3.39. The van der Waals surface area contributed by atoms with Gasteiger partial charge in [0.1, 0.15) is 11.5 Å². The first-order valence-corrected chi connectivity index (χ1v) is 6.91. The molecule has 0 radical (unpaired) electrons. The Labute approximate surface area is 127 Å². The Kier molecular flexibility index (Phi) is 6.01. The average Bonchev–Trinajstić information content (AvgIpc) is 2.84. The minimum atomic E-state index is -5.02. The lowest BCUT2D eigenvalue weighted by molar-refractivity contribution is -0.273. The lowest BCUT2D eigenvalue weighted by Crippen LogP contribution is -2.46. The number of rotatable bonds is 7. The van der Waals surface area contributed by atoms with Crippen LogP contribution in [-0.4, -0.2) is 48.8 Å². The first kappa shape index (κ1) is 18.5. The van der Waals surface area contributed by atoms with Crippen molar-refractivity contribution in [3.8, 4) is 0 Å². The van der Waals surface area contributed by atoms with Crippen LogP contribution in [0.25, 0.3) is 0 Å². The molecule has 2 N–H and O–H groups in total. The number of hydrogen-bond acceptors (Lipinski definition) is 4. The second kappa shape index (κ2) is 7.15. The number of nitrogens with one attached hydrogen (secondary N) is 1. The zero-order valence-electron chi connectivity index (χ0n) is 12.8. The Morgan fingerprint density at radius 1 is 1.41 bits per heavy atom. The van der Waals surface area contributed by atoms with Crippen LogP contribution in [0.5, 0.6) is 0 Å². The molecular weight excluding hydrogens is 301 g/mol. The molecular formula is C14H21F3N2O3. The number of carbonyl (C=O) groups excluding carboxylic acids is 1. The summed E-state index contributed by atoms with van der Waals surface area (Å²) in [7, 11) is 1.82. The highest BCUT2D eigenvalue weighted by atomic mass is 19.4. The number of aryl methyl sites for hydroxylation is 1. The second-order valence-electron chi connectivity index (χ2n) is 5.19. The summed E-state index contributed by atoms with van der Waals surface area (Å²) in [6.45, 7) is 4.85. The molecule has 0 spiro atoms. The minimum Gasteiger partial charge on any atom is -0.463 e. The quantitative estimate of drug-likeness (QED) is 0.803. The van der Waals surface area contributed by atoms with Crippen molar-refractivity contribution in [2.45, 2.75) is 32.0 Å². The van der Waals surface area contributed by atoms with E-state index in [1.165, 1.54) is 13.0 Å². The van der Waals surface area contributed by atoms with E-state index < -0.39 is 29.9 Å². The molecule has 1 rings (SSSR count). The molecule has 1 aromatic rings. The number of alkyl halides is 3. The van der Waals surface area contributed by atoms with Crippen molar-refractivity contribution < 1.29 is 27.5 Å². The van der Waals surface area contributed by atoms with E-state index >= 15 is 0 Å². The predicted octanol–water partition coefficient (Wildman–Crippen LogP) is 1.80. The third-order valence-corrected chi connectivity index (χ3v) is 3.39.